The number of nitro benzene ring substituents is 1. The van der Waals surface area contributed by atoms with Crippen LogP contribution in [0.4, 0.5) is 5.69 Å². The second-order valence-corrected chi connectivity index (χ2v) is 15.8. The molecule has 2 aliphatic rings. The predicted octanol–water partition coefficient (Wildman–Crippen LogP) is 5.75. The molecular weight excluding hydrogens is 461 g/mol. The third-order valence-electron chi connectivity index (χ3n) is 6.40. The Balaban J connectivity index is 1.83. The van der Waals surface area contributed by atoms with Gasteiger partial charge in [-0.05, 0) is 38.0 Å². The van der Waals surface area contributed by atoms with Crippen molar-refractivity contribution in [2.75, 3.05) is 6.61 Å². The molecule has 1 aromatic carbocycles. The van der Waals surface area contributed by atoms with Crippen LogP contribution in [0.15, 0.2) is 12.1 Å². The summed E-state index contributed by atoms with van der Waals surface area (Å²) >= 11 is 12.1. The molecule has 0 aromatic heterocycles. The molecule has 31 heavy (non-hydrogen) atoms. The molecule has 3 rings (SSSR count). The lowest BCUT2D eigenvalue weighted by Crippen LogP contribution is -2.44. The van der Waals surface area contributed by atoms with E-state index in [1.165, 1.54) is 12.1 Å². The van der Waals surface area contributed by atoms with E-state index in [9.17, 15) is 10.1 Å². The predicted molar refractivity (Wildman–Crippen MR) is 122 cm³/mol. The van der Waals surface area contributed by atoms with Crippen molar-refractivity contribution in [3.63, 3.8) is 0 Å². The number of hydrogen-bond acceptors (Lipinski definition) is 6. The normalized spacial score (nSPS) is 28.0. The van der Waals surface area contributed by atoms with Crippen molar-refractivity contribution < 1.29 is 23.6 Å². The van der Waals surface area contributed by atoms with E-state index in [0.29, 0.717) is 12.2 Å². The minimum Gasteiger partial charge on any atom is -0.414 e. The van der Waals surface area contributed by atoms with Gasteiger partial charge in [-0.3, -0.25) is 10.1 Å². The molecule has 0 radical (unpaired) electrons. The van der Waals surface area contributed by atoms with Crippen molar-refractivity contribution in [2.24, 2.45) is 0 Å². The summed E-state index contributed by atoms with van der Waals surface area (Å²) in [5.74, 6) is -0.768. The summed E-state index contributed by atoms with van der Waals surface area (Å²) in [5.41, 5.74) is 0.358. The van der Waals surface area contributed by atoms with Gasteiger partial charge in [0, 0.05) is 18.1 Å². The van der Waals surface area contributed by atoms with E-state index < -0.39 is 25.1 Å². The van der Waals surface area contributed by atoms with Crippen LogP contribution in [0.3, 0.4) is 0 Å². The van der Waals surface area contributed by atoms with E-state index in [1.54, 1.807) is 0 Å². The van der Waals surface area contributed by atoms with Crippen LogP contribution in [0.1, 0.15) is 40.2 Å². The van der Waals surface area contributed by atoms with Crippen molar-refractivity contribution in [1.82, 2.24) is 0 Å². The Morgan fingerprint density at radius 2 is 1.68 bits per heavy atom. The molecule has 0 amide bonds. The van der Waals surface area contributed by atoms with Gasteiger partial charge in [-0.2, -0.15) is 0 Å². The molecule has 2 unspecified atom stereocenters. The van der Waals surface area contributed by atoms with E-state index >= 15 is 0 Å². The third-order valence-corrected chi connectivity index (χ3v) is 11.6. The second-order valence-electron chi connectivity index (χ2n) is 10.2. The van der Waals surface area contributed by atoms with Crippen LogP contribution in [-0.2, 0) is 25.1 Å². The van der Waals surface area contributed by atoms with Gasteiger partial charge in [0.05, 0.1) is 27.7 Å². The highest BCUT2D eigenvalue weighted by atomic mass is 35.5. The molecule has 2 saturated heterocycles. The zero-order chi connectivity index (χ0) is 23.4. The van der Waals surface area contributed by atoms with Crippen LogP contribution in [-0.4, -0.2) is 50.1 Å². The summed E-state index contributed by atoms with van der Waals surface area (Å²) in [4.78, 5) is 11.1. The molecular formula is C21H31Cl2NO6Si. The van der Waals surface area contributed by atoms with Gasteiger partial charge < -0.3 is 18.6 Å². The number of halogens is 2. The Bertz CT molecular complexity index is 857. The maximum Gasteiger partial charge on any atom is 0.274 e. The summed E-state index contributed by atoms with van der Waals surface area (Å²) in [5, 5.41) is 12.0. The Kier molecular flexibility index (Phi) is 6.87. The average Bonchev–Trinajstić information content (AvgIpc) is 3.08. The standard InChI is InChI=1S/C21H31Cl2NO6Si/c1-20(2,3)31(6,7)27-11-17-19-18(29-21(4,5)30-19)16(28-17)9-12-8-13(22)14(23)10-15(12)24(25)26/h8,10,16-19H,9,11H2,1-7H3/t16-,17+,18?,19?/m0/s1. The van der Waals surface area contributed by atoms with Crippen molar-refractivity contribution in [3.8, 4) is 0 Å². The molecule has 2 fully saturated rings. The fraction of sp³-hybridized carbons (Fsp3) is 0.714. The maximum atomic E-state index is 11.6. The monoisotopic (exact) mass is 491 g/mol. The number of nitro groups is 1. The molecule has 0 saturated carbocycles. The average molecular weight is 492 g/mol. The summed E-state index contributed by atoms with van der Waals surface area (Å²) < 4.78 is 24.9. The quantitative estimate of drug-likeness (QED) is 0.286. The van der Waals surface area contributed by atoms with E-state index in [4.69, 9.17) is 41.8 Å². The molecule has 10 heteroatoms. The Hall–Kier alpha value is -0.743. The smallest absolute Gasteiger partial charge is 0.274 e. The van der Waals surface area contributed by atoms with E-state index in [-0.39, 0.29) is 45.5 Å². The first-order valence-corrected chi connectivity index (χ1v) is 14.0. The van der Waals surface area contributed by atoms with Crippen molar-refractivity contribution in [1.29, 1.82) is 0 Å². The molecule has 0 spiro atoms. The topological polar surface area (TPSA) is 80.1 Å². The number of benzene rings is 1. The van der Waals surface area contributed by atoms with Gasteiger partial charge in [0.1, 0.15) is 18.3 Å². The molecule has 0 bridgehead atoms. The van der Waals surface area contributed by atoms with E-state index in [1.807, 2.05) is 13.8 Å². The van der Waals surface area contributed by atoms with Gasteiger partial charge in [-0.15, -0.1) is 0 Å². The van der Waals surface area contributed by atoms with Crippen LogP contribution < -0.4 is 0 Å². The number of rotatable bonds is 6. The zero-order valence-electron chi connectivity index (χ0n) is 19.0. The van der Waals surface area contributed by atoms with Crippen LogP contribution in [0.5, 0.6) is 0 Å². The minimum absolute atomic E-state index is 0.0668. The van der Waals surface area contributed by atoms with Gasteiger partial charge in [0.15, 0.2) is 14.1 Å². The zero-order valence-corrected chi connectivity index (χ0v) is 21.5. The summed E-state index contributed by atoms with van der Waals surface area (Å²) in [6.07, 6.45) is -1.18. The lowest BCUT2D eigenvalue weighted by atomic mass is 10.0. The highest BCUT2D eigenvalue weighted by Crippen LogP contribution is 2.43. The summed E-state index contributed by atoms with van der Waals surface area (Å²) in [6, 6.07) is 2.81. The molecule has 0 N–H and O–H groups in total. The van der Waals surface area contributed by atoms with E-state index in [2.05, 4.69) is 33.9 Å². The van der Waals surface area contributed by atoms with E-state index in [0.717, 1.165) is 0 Å². The molecule has 1 aromatic rings. The van der Waals surface area contributed by atoms with Crippen molar-refractivity contribution >= 4 is 37.2 Å². The van der Waals surface area contributed by atoms with Crippen LogP contribution in [0, 0.1) is 10.1 Å². The second kappa shape index (κ2) is 8.55. The molecule has 4 atom stereocenters. The molecule has 7 nitrogen and oxygen atoms in total. The molecule has 2 aliphatic heterocycles. The molecule has 0 aliphatic carbocycles. The van der Waals surface area contributed by atoms with Crippen molar-refractivity contribution in [2.45, 2.75) is 89.4 Å². The van der Waals surface area contributed by atoms with Gasteiger partial charge in [-0.25, -0.2) is 0 Å². The Morgan fingerprint density at radius 1 is 1.13 bits per heavy atom. The third kappa shape index (κ3) is 5.26. The SMILES string of the molecule is CC1(C)OC2C(O1)[C@@H](CO[Si](C)(C)C(C)(C)C)O[C@H]2Cc1cc(Cl)c(Cl)cc1[N+](=O)[O-]. The Labute approximate surface area is 194 Å². The lowest BCUT2D eigenvalue weighted by Gasteiger charge is -2.37. The van der Waals surface area contributed by atoms with Gasteiger partial charge in [0.25, 0.3) is 5.69 Å². The summed E-state index contributed by atoms with van der Waals surface area (Å²) in [7, 11) is -1.98. The van der Waals surface area contributed by atoms with Crippen LogP contribution in [0.2, 0.25) is 28.2 Å². The Morgan fingerprint density at radius 3 is 2.23 bits per heavy atom. The number of ether oxygens (including phenoxy) is 3. The first-order valence-electron chi connectivity index (χ1n) is 10.4. The fourth-order valence-corrected chi connectivity index (χ4v) is 5.06. The lowest BCUT2D eigenvalue weighted by molar-refractivity contribution is -0.385. The van der Waals surface area contributed by atoms with Crippen LogP contribution in [0.25, 0.3) is 0 Å². The minimum atomic E-state index is -1.98. The molecule has 174 valence electrons. The highest BCUT2D eigenvalue weighted by Gasteiger charge is 2.55. The summed E-state index contributed by atoms with van der Waals surface area (Å²) in [6.45, 7) is 15.0. The first-order chi connectivity index (χ1) is 14.1. The maximum absolute atomic E-state index is 11.6. The number of hydrogen-bond donors (Lipinski definition) is 0. The first kappa shape index (κ1) is 24.9. The van der Waals surface area contributed by atoms with Crippen molar-refractivity contribution in [3.05, 3.63) is 37.9 Å². The van der Waals surface area contributed by atoms with Gasteiger partial charge in [0.2, 0.25) is 0 Å². The molecule has 2 heterocycles. The van der Waals surface area contributed by atoms with Gasteiger partial charge >= 0.3 is 0 Å². The van der Waals surface area contributed by atoms with Crippen LogP contribution >= 0.6 is 23.2 Å². The van der Waals surface area contributed by atoms with Gasteiger partial charge in [-0.1, -0.05) is 44.0 Å². The number of fused-ring (bicyclic) bond motifs is 1. The highest BCUT2D eigenvalue weighted by molar-refractivity contribution is 6.74. The number of nitrogens with zero attached hydrogens (tertiary/aromatic N) is 1. The fourth-order valence-electron chi connectivity index (χ4n) is 3.70. The largest absolute Gasteiger partial charge is 0.414 e.